The molecule has 12 heteroatoms. The zero-order chi connectivity index (χ0) is 34.5. The first-order chi connectivity index (χ1) is 21.8. The second-order valence-electron chi connectivity index (χ2n) is 15.2. The summed E-state index contributed by atoms with van der Waals surface area (Å²) in [5.74, 6) is -0.790. The molecule has 2 saturated heterocycles. The highest BCUT2D eigenvalue weighted by Gasteiger charge is 2.49. The molecule has 0 radical (unpaired) electrons. The number of benzene rings is 1. The predicted octanol–water partition coefficient (Wildman–Crippen LogP) is 6.79. The van der Waals surface area contributed by atoms with Crippen LogP contribution in [0.2, 0.25) is 5.02 Å². The molecule has 2 aromatic heterocycles. The third-order valence-corrected chi connectivity index (χ3v) is 9.21. The third-order valence-electron chi connectivity index (χ3n) is 8.92. The summed E-state index contributed by atoms with van der Waals surface area (Å²) in [4.78, 5) is 20.8. The molecule has 2 atom stereocenters. The molecular weight excluding hydrogens is 628 g/mol. The van der Waals surface area contributed by atoms with Crippen LogP contribution < -0.4 is 5.32 Å². The van der Waals surface area contributed by atoms with Gasteiger partial charge in [-0.15, -0.1) is 0 Å². The van der Waals surface area contributed by atoms with Crippen molar-refractivity contribution in [1.82, 2.24) is 19.7 Å². The van der Waals surface area contributed by atoms with Crippen LogP contribution in [0.5, 0.6) is 0 Å². The first-order valence-corrected chi connectivity index (χ1v) is 16.4. The number of rotatable bonds is 8. The van der Waals surface area contributed by atoms with Gasteiger partial charge in [0.1, 0.15) is 22.8 Å². The van der Waals surface area contributed by atoms with E-state index in [0.717, 1.165) is 5.69 Å². The molecule has 4 heterocycles. The Labute approximate surface area is 280 Å². The van der Waals surface area contributed by atoms with Gasteiger partial charge in [0, 0.05) is 41.9 Å². The lowest BCUT2D eigenvalue weighted by Crippen LogP contribution is -2.51. The summed E-state index contributed by atoms with van der Waals surface area (Å²) >= 11 is 6.04. The SMILES string of the molecule is Cc1cc(Nc2cc(C3(O)COC3)c(F)c(C[C@@]3(C(=O)OC(C)(C)C)CCN(Cc4cccc(Cl)c4F)[C@H](C)C3)n2)nn1C(C)(C)C. The van der Waals surface area contributed by atoms with E-state index in [1.807, 2.05) is 45.4 Å². The van der Waals surface area contributed by atoms with Crippen molar-refractivity contribution in [3.05, 3.63) is 69.5 Å². The number of hydrogen-bond acceptors (Lipinski definition) is 8. The van der Waals surface area contributed by atoms with E-state index in [1.54, 1.807) is 32.9 Å². The van der Waals surface area contributed by atoms with Crippen LogP contribution in [0.15, 0.2) is 30.3 Å². The van der Waals surface area contributed by atoms with Gasteiger partial charge in [0.05, 0.1) is 34.9 Å². The Kier molecular flexibility index (Phi) is 9.53. The van der Waals surface area contributed by atoms with Crippen LogP contribution in [-0.2, 0) is 38.4 Å². The first kappa shape index (κ1) is 35.2. The zero-order valence-electron chi connectivity index (χ0n) is 28.5. The van der Waals surface area contributed by atoms with E-state index in [2.05, 4.69) is 20.3 Å². The van der Waals surface area contributed by atoms with E-state index < -0.39 is 34.2 Å². The lowest BCUT2D eigenvalue weighted by atomic mass is 9.71. The van der Waals surface area contributed by atoms with Gasteiger partial charge in [-0.1, -0.05) is 23.7 Å². The smallest absolute Gasteiger partial charge is 0.313 e. The molecule has 0 spiro atoms. The van der Waals surface area contributed by atoms with Gasteiger partial charge in [0.2, 0.25) is 0 Å². The molecule has 2 fully saturated rings. The van der Waals surface area contributed by atoms with Gasteiger partial charge >= 0.3 is 5.97 Å². The second kappa shape index (κ2) is 12.7. The summed E-state index contributed by atoms with van der Waals surface area (Å²) < 4.78 is 44.4. The molecular formula is C35H46ClF2N5O4. The third kappa shape index (κ3) is 7.48. The van der Waals surface area contributed by atoms with Crippen LogP contribution in [-0.4, -0.2) is 62.1 Å². The average Bonchev–Trinajstić information content (AvgIpc) is 3.32. The predicted molar refractivity (Wildman–Crippen MR) is 177 cm³/mol. The number of nitrogens with zero attached hydrogens (tertiary/aromatic N) is 4. The Morgan fingerprint density at radius 1 is 1.15 bits per heavy atom. The van der Waals surface area contributed by atoms with Gasteiger partial charge in [-0.05, 0) is 86.9 Å². The van der Waals surface area contributed by atoms with Crippen LogP contribution in [0.1, 0.15) is 83.8 Å². The number of anilines is 2. The summed E-state index contributed by atoms with van der Waals surface area (Å²) in [6, 6.07) is 8.09. The van der Waals surface area contributed by atoms with Crippen molar-refractivity contribution in [2.24, 2.45) is 5.41 Å². The number of pyridine rings is 1. The van der Waals surface area contributed by atoms with Gasteiger partial charge < -0.3 is 19.9 Å². The van der Waals surface area contributed by atoms with Crippen LogP contribution in [0, 0.1) is 24.0 Å². The van der Waals surface area contributed by atoms with Crippen molar-refractivity contribution in [3.63, 3.8) is 0 Å². The van der Waals surface area contributed by atoms with Crippen molar-refractivity contribution < 1.29 is 28.2 Å². The number of hydrogen-bond donors (Lipinski definition) is 2. The van der Waals surface area contributed by atoms with E-state index >= 15 is 4.39 Å². The van der Waals surface area contributed by atoms with Crippen molar-refractivity contribution >= 4 is 29.2 Å². The fourth-order valence-corrected chi connectivity index (χ4v) is 6.72. The van der Waals surface area contributed by atoms with Crippen LogP contribution >= 0.6 is 11.6 Å². The van der Waals surface area contributed by atoms with Crippen LogP contribution in [0.3, 0.4) is 0 Å². The van der Waals surface area contributed by atoms with E-state index in [4.69, 9.17) is 21.1 Å². The quantitative estimate of drug-likeness (QED) is 0.252. The molecule has 0 saturated carbocycles. The standard InChI is InChI=1S/C35H46ClF2N5O4/c1-21-14-28(41-43(21)32(3,4)5)40-27-15-24(35(45)19-46-20-35)30(38)26(39-27)17-34(31(44)47-33(6,7)8)12-13-42(22(2)16-34)18-23-10-9-11-25(36)29(23)37/h9-11,14-15,22,45H,12-13,16-20H2,1-8H3,(H,39,40,41)/t22-,34-/m1/s1. The number of aromatic nitrogens is 3. The van der Waals surface area contributed by atoms with Crippen molar-refractivity contribution in [1.29, 1.82) is 0 Å². The second-order valence-corrected chi connectivity index (χ2v) is 15.6. The number of halogens is 3. The molecule has 0 bridgehead atoms. The maximum Gasteiger partial charge on any atom is 0.313 e. The van der Waals surface area contributed by atoms with Crippen molar-refractivity contribution in [3.8, 4) is 0 Å². The number of nitrogens with one attached hydrogen (secondary N) is 1. The number of ether oxygens (including phenoxy) is 2. The van der Waals surface area contributed by atoms with E-state index in [9.17, 15) is 14.3 Å². The Balaban J connectivity index is 1.51. The van der Waals surface area contributed by atoms with Gasteiger partial charge in [0.15, 0.2) is 11.6 Å². The fraction of sp³-hybridized carbons (Fsp3) is 0.571. The molecule has 1 aromatic carbocycles. The van der Waals surface area contributed by atoms with Gasteiger partial charge in [-0.25, -0.2) is 13.8 Å². The highest BCUT2D eigenvalue weighted by molar-refractivity contribution is 6.30. The number of likely N-dealkylation sites (tertiary alicyclic amines) is 1. The molecule has 2 N–H and O–H groups in total. The molecule has 9 nitrogen and oxygen atoms in total. The van der Waals surface area contributed by atoms with Crippen molar-refractivity contribution in [2.75, 3.05) is 25.1 Å². The maximum atomic E-state index is 16.5. The highest BCUT2D eigenvalue weighted by Crippen LogP contribution is 2.43. The molecule has 3 aromatic rings. The minimum atomic E-state index is -1.53. The van der Waals surface area contributed by atoms with E-state index in [-0.39, 0.29) is 53.3 Å². The molecule has 5 rings (SSSR count). The number of aliphatic hydroxyl groups is 1. The summed E-state index contributed by atoms with van der Waals surface area (Å²) in [7, 11) is 0. The lowest BCUT2D eigenvalue weighted by Gasteiger charge is -2.45. The Hall–Kier alpha value is -3.12. The number of carbonyl (C=O) groups excluding carboxylic acids is 1. The average molecular weight is 674 g/mol. The van der Waals surface area contributed by atoms with E-state index in [0.29, 0.717) is 37.3 Å². The zero-order valence-corrected chi connectivity index (χ0v) is 29.3. The summed E-state index contributed by atoms with van der Waals surface area (Å²) in [5, 5.41) is 19.2. The first-order valence-electron chi connectivity index (χ1n) is 16.0. The monoisotopic (exact) mass is 673 g/mol. The maximum absolute atomic E-state index is 16.5. The van der Waals surface area contributed by atoms with Gasteiger partial charge in [0.25, 0.3) is 0 Å². The molecule has 2 aliphatic rings. The number of piperidine rings is 1. The molecule has 0 unspecified atom stereocenters. The highest BCUT2D eigenvalue weighted by atomic mass is 35.5. The molecule has 0 aliphatic carbocycles. The normalized spacial score (nSPS) is 21.7. The molecule has 47 heavy (non-hydrogen) atoms. The Bertz CT molecular complexity index is 1650. The lowest BCUT2D eigenvalue weighted by molar-refractivity contribution is -0.186. The fourth-order valence-electron chi connectivity index (χ4n) is 6.52. The largest absolute Gasteiger partial charge is 0.460 e. The summed E-state index contributed by atoms with van der Waals surface area (Å²) in [5.41, 5.74) is -2.25. The molecule has 256 valence electrons. The molecule has 0 amide bonds. The molecule has 2 aliphatic heterocycles. The van der Waals surface area contributed by atoms with Gasteiger partial charge in [-0.2, -0.15) is 5.10 Å². The van der Waals surface area contributed by atoms with Gasteiger partial charge in [-0.3, -0.25) is 14.4 Å². The number of esters is 1. The Morgan fingerprint density at radius 2 is 1.85 bits per heavy atom. The Morgan fingerprint density at radius 3 is 2.43 bits per heavy atom. The minimum absolute atomic E-state index is 0.0321. The number of aryl methyl sites for hydroxylation is 1. The summed E-state index contributed by atoms with van der Waals surface area (Å²) in [6.07, 6.45) is 0.582. The topological polar surface area (TPSA) is 102 Å². The number of carbonyl (C=O) groups is 1. The van der Waals surface area contributed by atoms with E-state index in [1.165, 1.54) is 12.1 Å². The summed E-state index contributed by atoms with van der Waals surface area (Å²) in [6.45, 7) is 16.1. The van der Waals surface area contributed by atoms with Crippen molar-refractivity contribution in [2.45, 2.75) is 104 Å². The van der Waals surface area contributed by atoms with Crippen LogP contribution in [0.4, 0.5) is 20.4 Å². The minimum Gasteiger partial charge on any atom is -0.460 e. The van der Waals surface area contributed by atoms with Crippen LogP contribution in [0.25, 0.3) is 0 Å².